The van der Waals surface area contributed by atoms with Crippen molar-refractivity contribution >= 4 is 5.91 Å². The van der Waals surface area contributed by atoms with Gasteiger partial charge in [-0.05, 0) is 44.8 Å². The van der Waals surface area contributed by atoms with Crippen LogP contribution in [0.2, 0.25) is 0 Å². The number of hydrogen-bond donors (Lipinski definition) is 2. The maximum atomic E-state index is 12.0. The van der Waals surface area contributed by atoms with Gasteiger partial charge < -0.3 is 25.0 Å². The van der Waals surface area contributed by atoms with Gasteiger partial charge in [0.05, 0.1) is 0 Å². The van der Waals surface area contributed by atoms with Crippen LogP contribution in [0.25, 0.3) is 0 Å². The van der Waals surface area contributed by atoms with Crippen LogP contribution in [0, 0.1) is 11.3 Å². The molecule has 1 aromatic rings. The Bertz CT molecular complexity index is 650. The molecule has 0 aromatic heterocycles. The van der Waals surface area contributed by atoms with E-state index in [2.05, 4.69) is 15.5 Å². The van der Waals surface area contributed by atoms with Gasteiger partial charge >= 0.3 is 0 Å². The molecule has 0 bridgehead atoms. The van der Waals surface area contributed by atoms with Crippen LogP contribution in [0.4, 0.5) is 0 Å². The van der Waals surface area contributed by atoms with Crippen LogP contribution >= 0.6 is 0 Å². The summed E-state index contributed by atoms with van der Waals surface area (Å²) in [6.07, 6.45) is 2.39. The Morgan fingerprint density at radius 3 is 2.92 bits per heavy atom. The topological polar surface area (TPSA) is 86.6 Å². The minimum atomic E-state index is -0.407. The van der Waals surface area contributed by atoms with Gasteiger partial charge in [0.25, 0.3) is 5.91 Å². The van der Waals surface area contributed by atoms with Crippen molar-refractivity contribution in [3.63, 3.8) is 0 Å². The molecule has 7 nitrogen and oxygen atoms in total. The largest absolute Gasteiger partial charge is 0.454 e. The van der Waals surface area contributed by atoms with Crippen LogP contribution in [-0.4, -0.2) is 44.8 Å². The van der Waals surface area contributed by atoms with Gasteiger partial charge in [-0.15, -0.1) is 0 Å². The van der Waals surface area contributed by atoms with E-state index in [0.29, 0.717) is 24.6 Å². The van der Waals surface area contributed by atoms with E-state index in [4.69, 9.17) is 14.7 Å². The van der Waals surface area contributed by atoms with E-state index in [1.165, 1.54) is 6.20 Å². The van der Waals surface area contributed by atoms with Crippen molar-refractivity contribution in [1.82, 2.24) is 15.5 Å². The molecule has 0 unspecified atom stereocenters. The van der Waals surface area contributed by atoms with Crippen LogP contribution in [0.5, 0.6) is 11.5 Å². The highest BCUT2D eigenvalue weighted by atomic mass is 16.7. The summed E-state index contributed by atoms with van der Waals surface area (Å²) in [6, 6.07) is 7.38. The standard InChI is InChI=1S/C17H22N4O3/c1-21(2)7-3-6-19-11-14(9-18)17(22)20-10-13-4-5-15-16(8-13)24-12-23-15/h4-5,8,11,19H,3,6-7,10,12H2,1-2H3,(H,20,22)/b14-11-. The first-order valence-corrected chi connectivity index (χ1v) is 7.75. The summed E-state index contributed by atoms with van der Waals surface area (Å²) in [7, 11) is 4.00. The molecule has 0 fully saturated rings. The summed E-state index contributed by atoms with van der Waals surface area (Å²) in [4.78, 5) is 14.1. The molecule has 1 aliphatic heterocycles. The number of rotatable bonds is 8. The van der Waals surface area contributed by atoms with Crippen LogP contribution in [0.3, 0.4) is 0 Å². The summed E-state index contributed by atoms with van der Waals surface area (Å²) < 4.78 is 10.5. The van der Waals surface area contributed by atoms with Crippen LogP contribution in [0.1, 0.15) is 12.0 Å². The fourth-order valence-electron chi connectivity index (χ4n) is 2.15. The Labute approximate surface area is 141 Å². The third-order valence-corrected chi connectivity index (χ3v) is 3.43. The molecule has 1 aliphatic rings. The number of fused-ring (bicyclic) bond motifs is 1. The zero-order valence-corrected chi connectivity index (χ0v) is 14.0. The molecule has 2 N–H and O–H groups in total. The Kier molecular flexibility index (Phi) is 6.46. The fraction of sp³-hybridized carbons (Fsp3) is 0.412. The van der Waals surface area contributed by atoms with Crippen LogP contribution in [-0.2, 0) is 11.3 Å². The van der Waals surface area contributed by atoms with Crippen molar-refractivity contribution in [2.45, 2.75) is 13.0 Å². The summed E-state index contributed by atoms with van der Waals surface area (Å²) in [6.45, 7) is 2.18. The second-order valence-electron chi connectivity index (χ2n) is 5.65. The van der Waals surface area contributed by atoms with Gasteiger partial charge in [-0.25, -0.2) is 0 Å². The van der Waals surface area contributed by atoms with Gasteiger partial charge in [0.15, 0.2) is 11.5 Å². The molecule has 0 spiro atoms. The van der Waals surface area contributed by atoms with E-state index in [9.17, 15) is 4.79 Å². The van der Waals surface area contributed by atoms with Crippen LogP contribution in [0.15, 0.2) is 30.0 Å². The first-order chi connectivity index (χ1) is 11.6. The molecule has 128 valence electrons. The van der Waals surface area contributed by atoms with E-state index in [-0.39, 0.29) is 12.4 Å². The highest BCUT2D eigenvalue weighted by molar-refractivity contribution is 5.97. The van der Waals surface area contributed by atoms with E-state index >= 15 is 0 Å². The molecular formula is C17H22N4O3. The molecule has 1 amide bonds. The highest BCUT2D eigenvalue weighted by Gasteiger charge is 2.14. The smallest absolute Gasteiger partial charge is 0.263 e. The van der Waals surface area contributed by atoms with Gasteiger partial charge in [-0.2, -0.15) is 5.26 Å². The predicted octanol–water partition coefficient (Wildman–Crippen LogP) is 0.980. The van der Waals surface area contributed by atoms with Gasteiger partial charge in [-0.3, -0.25) is 4.79 Å². The maximum absolute atomic E-state index is 12.0. The van der Waals surface area contributed by atoms with Crippen molar-refractivity contribution in [2.24, 2.45) is 0 Å². The first kappa shape index (κ1) is 17.6. The summed E-state index contributed by atoms with van der Waals surface area (Å²) >= 11 is 0. The molecule has 0 radical (unpaired) electrons. The number of benzene rings is 1. The Hall–Kier alpha value is -2.72. The predicted molar refractivity (Wildman–Crippen MR) is 89.3 cm³/mol. The van der Waals surface area contributed by atoms with Crippen molar-refractivity contribution in [1.29, 1.82) is 5.26 Å². The number of ether oxygens (including phenoxy) is 2. The number of nitrogens with zero attached hydrogens (tertiary/aromatic N) is 2. The molecule has 1 heterocycles. The normalized spacial score (nSPS) is 12.8. The van der Waals surface area contributed by atoms with Crippen molar-refractivity contribution in [3.05, 3.63) is 35.5 Å². The average molecular weight is 330 g/mol. The second-order valence-corrected chi connectivity index (χ2v) is 5.65. The lowest BCUT2D eigenvalue weighted by Crippen LogP contribution is -2.25. The maximum Gasteiger partial charge on any atom is 0.263 e. The lowest BCUT2D eigenvalue weighted by atomic mass is 10.2. The summed E-state index contributed by atoms with van der Waals surface area (Å²) in [5.41, 5.74) is 0.935. The zero-order chi connectivity index (χ0) is 17.4. The third kappa shape index (κ3) is 5.18. The molecule has 7 heteroatoms. The van der Waals surface area contributed by atoms with Crippen molar-refractivity contribution in [2.75, 3.05) is 34.0 Å². The van der Waals surface area contributed by atoms with Gasteiger partial charge in [0.2, 0.25) is 6.79 Å². The molecule has 2 rings (SSSR count). The molecule has 0 saturated heterocycles. The number of nitriles is 1. The van der Waals surface area contributed by atoms with E-state index < -0.39 is 5.91 Å². The molecule has 1 aromatic carbocycles. The number of nitrogens with one attached hydrogen (secondary N) is 2. The molecule has 0 aliphatic carbocycles. The lowest BCUT2D eigenvalue weighted by molar-refractivity contribution is -0.117. The quantitative estimate of drug-likeness (QED) is 0.420. The van der Waals surface area contributed by atoms with Crippen molar-refractivity contribution in [3.8, 4) is 17.6 Å². The third-order valence-electron chi connectivity index (χ3n) is 3.43. The van der Waals surface area contributed by atoms with E-state index in [0.717, 1.165) is 18.5 Å². The summed E-state index contributed by atoms with van der Waals surface area (Å²) in [5.74, 6) is 0.959. The number of amides is 1. The Balaban J connectivity index is 1.80. The van der Waals surface area contributed by atoms with Crippen molar-refractivity contribution < 1.29 is 14.3 Å². The fourth-order valence-corrected chi connectivity index (χ4v) is 2.15. The van der Waals surface area contributed by atoms with E-state index in [1.807, 2.05) is 32.3 Å². The minimum Gasteiger partial charge on any atom is -0.454 e. The average Bonchev–Trinajstić information content (AvgIpc) is 3.03. The first-order valence-electron chi connectivity index (χ1n) is 7.75. The molecule has 0 saturated carbocycles. The molecular weight excluding hydrogens is 308 g/mol. The van der Waals surface area contributed by atoms with Crippen LogP contribution < -0.4 is 20.1 Å². The SMILES string of the molecule is CN(C)CCCN/C=C(/C#N)C(=O)NCc1ccc2c(c1)OCO2. The monoisotopic (exact) mass is 330 g/mol. The van der Waals surface area contributed by atoms with Gasteiger partial charge in [-0.1, -0.05) is 6.07 Å². The van der Waals surface area contributed by atoms with Gasteiger partial charge in [0.1, 0.15) is 11.6 Å². The number of carbonyl (C=O) groups excluding carboxylic acids is 1. The van der Waals surface area contributed by atoms with E-state index in [1.54, 1.807) is 6.07 Å². The highest BCUT2D eigenvalue weighted by Crippen LogP contribution is 2.32. The second kappa shape index (κ2) is 8.79. The Morgan fingerprint density at radius 1 is 1.38 bits per heavy atom. The lowest BCUT2D eigenvalue weighted by Gasteiger charge is -2.09. The van der Waals surface area contributed by atoms with Gasteiger partial charge in [0, 0.05) is 19.3 Å². The zero-order valence-electron chi connectivity index (χ0n) is 14.0. The summed E-state index contributed by atoms with van der Waals surface area (Å²) in [5, 5.41) is 14.8. The Morgan fingerprint density at radius 2 is 2.17 bits per heavy atom. The number of carbonyl (C=O) groups is 1. The minimum absolute atomic E-state index is 0.0561. The molecule has 0 atom stereocenters. The molecule has 24 heavy (non-hydrogen) atoms. The number of hydrogen-bond acceptors (Lipinski definition) is 6.